The molecule has 2 atom stereocenters. The summed E-state index contributed by atoms with van der Waals surface area (Å²) < 4.78 is 11.7. The lowest BCUT2D eigenvalue weighted by molar-refractivity contribution is -0.0735. The van der Waals surface area contributed by atoms with Gasteiger partial charge in [0, 0.05) is 25.9 Å². The second-order valence-corrected chi connectivity index (χ2v) is 7.77. The molecule has 1 saturated heterocycles. The SMILES string of the molecule is CC(O)C1C(=O)c2ccccc2OC12CCN(C(=O)OCc1ccccc1)CC2. The fourth-order valence-electron chi connectivity index (χ4n) is 4.40. The number of hydrogen-bond acceptors (Lipinski definition) is 5. The Kier molecular flexibility index (Phi) is 5.28. The minimum Gasteiger partial charge on any atom is -0.486 e. The summed E-state index contributed by atoms with van der Waals surface area (Å²) in [5.41, 5.74) is 0.630. The fourth-order valence-corrected chi connectivity index (χ4v) is 4.40. The number of carbonyl (C=O) groups excluding carboxylic acids is 2. The van der Waals surface area contributed by atoms with E-state index in [0.717, 1.165) is 5.56 Å². The molecule has 0 radical (unpaired) electrons. The van der Waals surface area contributed by atoms with Crippen molar-refractivity contribution in [3.8, 4) is 5.75 Å². The largest absolute Gasteiger partial charge is 0.486 e. The first-order chi connectivity index (χ1) is 14.0. The van der Waals surface area contributed by atoms with Gasteiger partial charge in [-0.15, -0.1) is 0 Å². The number of nitrogens with zero attached hydrogens (tertiary/aromatic N) is 1. The number of aliphatic hydroxyl groups is 1. The number of carbonyl (C=O) groups is 2. The first kappa shape index (κ1) is 19.5. The number of ether oxygens (including phenoxy) is 2. The van der Waals surface area contributed by atoms with Crippen LogP contribution in [0.5, 0.6) is 5.75 Å². The summed E-state index contributed by atoms with van der Waals surface area (Å²) in [6, 6.07) is 16.7. The zero-order chi connectivity index (χ0) is 20.4. The quantitative estimate of drug-likeness (QED) is 0.862. The number of fused-ring (bicyclic) bond motifs is 1. The van der Waals surface area contributed by atoms with Gasteiger partial charge in [0.2, 0.25) is 0 Å². The van der Waals surface area contributed by atoms with Gasteiger partial charge in [0.15, 0.2) is 5.78 Å². The van der Waals surface area contributed by atoms with E-state index in [0.29, 0.717) is 37.2 Å². The molecule has 6 heteroatoms. The van der Waals surface area contributed by atoms with Gasteiger partial charge >= 0.3 is 6.09 Å². The highest BCUT2D eigenvalue weighted by Gasteiger charge is 2.53. The molecule has 2 aliphatic rings. The van der Waals surface area contributed by atoms with Crippen molar-refractivity contribution in [2.75, 3.05) is 13.1 Å². The Morgan fingerprint density at radius 1 is 1.17 bits per heavy atom. The van der Waals surface area contributed by atoms with Crippen LogP contribution >= 0.6 is 0 Å². The topological polar surface area (TPSA) is 76.1 Å². The average molecular weight is 395 g/mol. The van der Waals surface area contributed by atoms with Gasteiger partial charge in [-0.3, -0.25) is 4.79 Å². The van der Waals surface area contributed by atoms with Crippen LogP contribution in [0.15, 0.2) is 54.6 Å². The van der Waals surface area contributed by atoms with Crippen molar-refractivity contribution in [2.24, 2.45) is 5.92 Å². The van der Waals surface area contributed by atoms with Crippen LogP contribution in [0.25, 0.3) is 0 Å². The lowest BCUT2D eigenvalue weighted by atomic mass is 9.71. The molecular weight excluding hydrogens is 370 g/mol. The Bertz CT molecular complexity index is 887. The number of piperidine rings is 1. The van der Waals surface area contributed by atoms with E-state index in [2.05, 4.69) is 0 Å². The second-order valence-electron chi connectivity index (χ2n) is 7.77. The zero-order valence-corrected chi connectivity index (χ0v) is 16.4. The molecule has 2 aromatic carbocycles. The fraction of sp³-hybridized carbons (Fsp3) is 0.391. The van der Waals surface area contributed by atoms with E-state index < -0.39 is 17.6 Å². The Morgan fingerprint density at radius 2 is 1.83 bits per heavy atom. The highest BCUT2D eigenvalue weighted by Crippen LogP contribution is 2.44. The average Bonchev–Trinajstić information content (AvgIpc) is 2.73. The van der Waals surface area contributed by atoms with Gasteiger partial charge in [0.05, 0.1) is 17.6 Å². The molecule has 2 unspecified atom stereocenters. The maximum absolute atomic E-state index is 13.1. The monoisotopic (exact) mass is 395 g/mol. The van der Waals surface area contributed by atoms with E-state index in [9.17, 15) is 14.7 Å². The third kappa shape index (κ3) is 3.72. The predicted octanol–water partition coefficient (Wildman–Crippen LogP) is 3.43. The van der Waals surface area contributed by atoms with E-state index in [4.69, 9.17) is 9.47 Å². The molecule has 1 fully saturated rings. The second kappa shape index (κ2) is 7.87. The molecule has 2 aliphatic heterocycles. The van der Waals surface area contributed by atoms with Crippen molar-refractivity contribution >= 4 is 11.9 Å². The van der Waals surface area contributed by atoms with Crippen molar-refractivity contribution in [3.05, 3.63) is 65.7 Å². The van der Waals surface area contributed by atoms with Gasteiger partial charge in [0.1, 0.15) is 18.0 Å². The van der Waals surface area contributed by atoms with Crippen LogP contribution in [-0.4, -0.2) is 46.7 Å². The Balaban J connectivity index is 1.45. The van der Waals surface area contributed by atoms with Crippen molar-refractivity contribution < 1.29 is 24.2 Å². The number of amides is 1. The molecule has 152 valence electrons. The van der Waals surface area contributed by atoms with Crippen LogP contribution in [0.3, 0.4) is 0 Å². The number of likely N-dealkylation sites (tertiary alicyclic amines) is 1. The zero-order valence-electron chi connectivity index (χ0n) is 16.4. The molecule has 0 bridgehead atoms. The summed E-state index contributed by atoms with van der Waals surface area (Å²) in [6.07, 6.45) is -0.293. The number of benzene rings is 2. The molecule has 1 N–H and O–H groups in total. The first-order valence-electron chi connectivity index (χ1n) is 9.96. The molecule has 4 rings (SSSR count). The molecule has 29 heavy (non-hydrogen) atoms. The summed E-state index contributed by atoms with van der Waals surface area (Å²) in [5.74, 6) is -0.198. The molecular formula is C23H25NO5. The Labute approximate surface area is 170 Å². The van der Waals surface area contributed by atoms with Crippen LogP contribution in [0.2, 0.25) is 0 Å². The van der Waals surface area contributed by atoms with Crippen LogP contribution in [0, 0.1) is 5.92 Å². The number of rotatable bonds is 3. The third-order valence-corrected chi connectivity index (χ3v) is 5.87. The Hall–Kier alpha value is -2.86. The van der Waals surface area contributed by atoms with Gasteiger partial charge in [-0.1, -0.05) is 42.5 Å². The van der Waals surface area contributed by atoms with Crippen LogP contribution in [-0.2, 0) is 11.3 Å². The summed E-state index contributed by atoms with van der Waals surface area (Å²) in [6.45, 7) is 2.67. The van der Waals surface area contributed by atoms with Crippen molar-refractivity contribution in [3.63, 3.8) is 0 Å². The third-order valence-electron chi connectivity index (χ3n) is 5.87. The number of para-hydroxylation sites is 1. The van der Waals surface area contributed by atoms with Crippen molar-refractivity contribution in [1.29, 1.82) is 0 Å². The van der Waals surface area contributed by atoms with E-state index in [1.807, 2.05) is 36.4 Å². The summed E-state index contributed by atoms with van der Waals surface area (Å²) in [7, 11) is 0. The molecule has 0 saturated carbocycles. The smallest absolute Gasteiger partial charge is 0.410 e. The highest BCUT2D eigenvalue weighted by molar-refractivity contribution is 6.02. The van der Waals surface area contributed by atoms with Gasteiger partial charge < -0.3 is 19.5 Å². The number of hydrogen-bond donors (Lipinski definition) is 1. The van der Waals surface area contributed by atoms with Gasteiger partial charge in [0.25, 0.3) is 0 Å². The molecule has 0 aromatic heterocycles. The minimum atomic E-state index is -0.840. The predicted molar refractivity (Wildman–Crippen MR) is 107 cm³/mol. The molecule has 1 spiro atoms. The van der Waals surface area contributed by atoms with Gasteiger partial charge in [-0.25, -0.2) is 4.79 Å². The van der Waals surface area contributed by atoms with Gasteiger partial charge in [-0.2, -0.15) is 0 Å². The van der Waals surface area contributed by atoms with E-state index in [1.165, 1.54) is 0 Å². The summed E-state index contributed by atoms with van der Waals surface area (Å²) in [5, 5.41) is 10.4. The summed E-state index contributed by atoms with van der Waals surface area (Å²) in [4.78, 5) is 27.2. The number of Topliss-reactive ketones (excluding diaryl/α,β-unsaturated/α-hetero) is 1. The molecule has 2 heterocycles. The van der Waals surface area contributed by atoms with Crippen molar-refractivity contribution in [2.45, 2.75) is 38.1 Å². The minimum absolute atomic E-state index is 0.0954. The number of aliphatic hydroxyl groups excluding tert-OH is 1. The summed E-state index contributed by atoms with van der Waals surface area (Å²) >= 11 is 0. The standard InChI is InChI=1S/C23H25NO5/c1-16(25)20-21(26)18-9-5-6-10-19(18)29-23(20)11-13-24(14-12-23)22(27)28-15-17-7-3-2-4-8-17/h2-10,16,20,25H,11-15H2,1H3. The maximum atomic E-state index is 13.1. The normalized spacial score (nSPS) is 21.2. The van der Waals surface area contributed by atoms with Crippen LogP contribution in [0.4, 0.5) is 4.79 Å². The van der Waals surface area contributed by atoms with E-state index in [1.54, 1.807) is 30.0 Å². The van der Waals surface area contributed by atoms with Gasteiger partial charge in [-0.05, 0) is 24.6 Å². The van der Waals surface area contributed by atoms with E-state index in [-0.39, 0.29) is 18.5 Å². The first-order valence-corrected chi connectivity index (χ1v) is 9.96. The molecule has 6 nitrogen and oxygen atoms in total. The Morgan fingerprint density at radius 3 is 2.52 bits per heavy atom. The lowest BCUT2D eigenvalue weighted by Crippen LogP contribution is -2.60. The molecule has 0 aliphatic carbocycles. The number of ketones is 1. The highest BCUT2D eigenvalue weighted by atomic mass is 16.6. The van der Waals surface area contributed by atoms with Crippen LogP contribution < -0.4 is 4.74 Å². The van der Waals surface area contributed by atoms with Crippen LogP contribution in [0.1, 0.15) is 35.7 Å². The molecule has 2 aromatic rings. The molecule has 1 amide bonds. The maximum Gasteiger partial charge on any atom is 0.410 e. The van der Waals surface area contributed by atoms with E-state index >= 15 is 0 Å². The lowest BCUT2D eigenvalue weighted by Gasteiger charge is -2.48. The van der Waals surface area contributed by atoms with Crippen molar-refractivity contribution in [1.82, 2.24) is 4.90 Å².